The van der Waals surface area contributed by atoms with Crippen LogP contribution in [0.1, 0.15) is 55.0 Å². The van der Waals surface area contributed by atoms with Gasteiger partial charge in [-0.15, -0.1) is 5.10 Å². The van der Waals surface area contributed by atoms with E-state index in [0.29, 0.717) is 5.82 Å². The number of H-pyrrole nitrogens is 1. The van der Waals surface area contributed by atoms with Gasteiger partial charge in [0.15, 0.2) is 5.82 Å². The van der Waals surface area contributed by atoms with Gasteiger partial charge in [0.25, 0.3) is 0 Å². The summed E-state index contributed by atoms with van der Waals surface area (Å²) in [4.78, 5) is 9.52. The molecule has 0 fully saturated rings. The summed E-state index contributed by atoms with van der Waals surface area (Å²) in [7, 11) is 0. The van der Waals surface area contributed by atoms with Gasteiger partial charge in [-0.1, -0.05) is 68.8 Å². The molecule has 2 aromatic carbocycles. The number of unbranched alkanes of at least 4 members (excludes halogenated alkanes) is 1. The summed E-state index contributed by atoms with van der Waals surface area (Å²) in [5, 5.41) is 14.4. The lowest BCUT2D eigenvalue weighted by molar-refractivity contribution is 0.747. The Labute approximate surface area is 183 Å². The molecule has 158 valence electrons. The molecule has 6 nitrogen and oxygen atoms in total. The lowest BCUT2D eigenvalue weighted by Gasteiger charge is -2.14. The molecule has 0 unspecified atom stereocenters. The number of aromatic amines is 1. The maximum absolute atomic E-state index is 4.79. The Morgan fingerprint density at radius 3 is 2.29 bits per heavy atom. The largest absolute Gasteiger partial charge is 0.239 e. The zero-order valence-corrected chi connectivity index (χ0v) is 18.4. The topological polar surface area (TPSA) is 80.2 Å². The van der Waals surface area contributed by atoms with Gasteiger partial charge in [0.2, 0.25) is 0 Å². The second-order valence-electron chi connectivity index (χ2n) is 7.77. The van der Waals surface area contributed by atoms with Crippen molar-refractivity contribution in [2.75, 3.05) is 0 Å². The van der Waals surface area contributed by atoms with Crippen LogP contribution >= 0.6 is 0 Å². The Bertz CT molecular complexity index is 1130. The van der Waals surface area contributed by atoms with E-state index in [1.54, 1.807) is 0 Å². The predicted octanol–water partition coefficient (Wildman–Crippen LogP) is 5.13. The quantitative estimate of drug-likeness (QED) is 0.434. The summed E-state index contributed by atoms with van der Waals surface area (Å²) in [6, 6.07) is 16.9. The number of nitrogens with one attached hydrogen (secondary N) is 1. The number of rotatable bonds is 8. The Kier molecular flexibility index (Phi) is 6.46. The molecule has 4 aromatic rings. The Morgan fingerprint density at radius 2 is 1.61 bits per heavy atom. The van der Waals surface area contributed by atoms with Gasteiger partial charge in [0.1, 0.15) is 5.82 Å². The van der Waals surface area contributed by atoms with Crippen LogP contribution in [0.25, 0.3) is 22.5 Å². The number of benzene rings is 2. The van der Waals surface area contributed by atoms with Crippen LogP contribution in [0, 0.1) is 6.92 Å². The average Bonchev–Trinajstić information content (AvgIpc) is 3.34. The zero-order chi connectivity index (χ0) is 21.6. The molecular formula is C25H28N6. The molecule has 31 heavy (non-hydrogen) atoms. The molecule has 2 aromatic heterocycles. The van der Waals surface area contributed by atoms with Crippen LogP contribution in [0.5, 0.6) is 0 Å². The van der Waals surface area contributed by atoms with Crippen molar-refractivity contribution in [2.45, 2.75) is 52.9 Å². The van der Waals surface area contributed by atoms with E-state index in [1.807, 2.05) is 25.1 Å². The van der Waals surface area contributed by atoms with Crippen molar-refractivity contribution in [3.63, 3.8) is 0 Å². The van der Waals surface area contributed by atoms with Crippen LogP contribution < -0.4 is 0 Å². The smallest absolute Gasteiger partial charge is 0.180 e. The fourth-order valence-electron chi connectivity index (χ4n) is 3.99. The molecule has 0 saturated carbocycles. The highest BCUT2D eigenvalue weighted by Crippen LogP contribution is 2.30. The van der Waals surface area contributed by atoms with Crippen LogP contribution in [-0.4, -0.2) is 30.6 Å². The minimum atomic E-state index is 0.671. The summed E-state index contributed by atoms with van der Waals surface area (Å²) in [5.41, 5.74) is 8.17. The van der Waals surface area contributed by atoms with E-state index in [4.69, 9.17) is 9.97 Å². The van der Waals surface area contributed by atoms with E-state index in [-0.39, 0.29) is 0 Å². The lowest BCUT2D eigenvalue weighted by atomic mass is 9.95. The van der Waals surface area contributed by atoms with Gasteiger partial charge >= 0.3 is 0 Å². The van der Waals surface area contributed by atoms with Crippen molar-refractivity contribution in [2.24, 2.45) is 0 Å². The predicted molar refractivity (Wildman–Crippen MR) is 123 cm³/mol. The number of nitrogens with zero attached hydrogens (tertiary/aromatic N) is 5. The molecule has 0 bridgehead atoms. The molecule has 1 N–H and O–H groups in total. The van der Waals surface area contributed by atoms with Crippen molar-refractivity contribution in [1.29, 1.82) is 0 Å². The van der Waals surface area contributed by atoms with Crippen molar-refractivity contribution < 1.29 is 0 Å². The standard InChI is InChI=1S/C25H28N6/c1-4-6-11-24-22(23(5-2)26-17(3)27-24)16-18-12-14-19(15-13-18)20-9-7-8-10-21(20)25-28-30-31-29-25/h7-10,12-15H,4-6,11,16H2,1-3H3,(H,28,29,30,31). The third-order valence-electron chi connectivity index (χ3n) is 5.57. The number of hydrogen-bond donors (Lipinski definition) is 1. The van der Waals surface area contributed by atoms with E-state index in [9.17, 15) is 0 Å². The molecule has 4 rings (SSSR count). The van der Waals surface area contributed by atoms with Gasteiger partial charge in [-0.3, -0.25) is 0 Å². The number of aromatic nitrogens is 6. The van der Waals surface area contributed by atoms with Crippen LogP contribution in [0.3, 0.4) is 0 Å². The molecule has 2 heterocycles. The number of aryl methyl sites for hydroxylation is 3. The minimum absolute atomic E-state index is 0.671. The molecule has 0 amide bonds. The average molecular weight is 413 g/mol. The minimum Gasteiger partial charge on any atom is -0.239 e. The van der Waals surface area contributed by atoms with E-state index in [1.165, 1.54) is 28.9 Å². The van der Waals surface area contributed by atoms with E-state index in [2.05, 4.69) is 64.8 Å². The van der Waals surface area contributed by atoms with Crippen LogP contribution in [0.15, 0.2) is 48.5 Å². The van der Waals surface area contributed by atoms with Crippen molar-refractivity contribution in [1.82, 2.24) is 30.6 Å². The fraction of sp³-hybridized carbons (Fsp3) is 0.320. The molecule has 0 aliphatic carbocycles. The molecule has 0 saturated heterocycles. The molecule has 0 aliphatic heterocycles. The Balaban J connectivity index is 1.64. The maximum Gasteiger partial charge on any atom is 0.180 e. The number of tetrazole rings is 1. The SMILES string of the molecule is CCCCc1nc(C)nc(CC)c1Cc1ccc(-c2ccccc2-c2nnn[nH]2)cc1. The third-order valence-corrected chi connectivity index (χ3v) is 5.57. The fourth-order valence-corrected chi connectivity index (χ4v) is 3.99. The van der Waals surface area contributed by atoms with Gasteiger partial charge in [-0.05, 0) is 58.9 Å². The van der Waals surface area contributed by atoms with Gasteiger partial charge < -0.3 is 0 Å². The summed E-state index contributed by atoms with van der Waals surface area (Å²) in [5.74, 6) is 1.55. The van der Waals surface area contributed by atoms with E-state index < -0.39 is 0 Å². The van der Waals surface area contributed by atoms with Gasteiger partial charge in [-0.2, -0.15) is 0 Å². The van der Waals surface area contributed by atoms with E-state index in [0.717, 1.165) is 48.2 Å². The second kappa shape index (κ2) is 9.60. The molecule has 0 radical (unpaired) electrons. The molecule has 0 atom stereocenters. The van der Waals surface area contributed by atoms with Crippen molar-refractivity contribution in [3.8, 4) is 22.5 Å². The monoisotopic (exact) mass is 412 g/mol. The first kappa shape index (κ1) is 20.8. The Hall–Kier alpha value is -3.41. The zero-order valence-electron chi connectivity index (χ0n) is 18.4. The summed E-state index contributed by atoms with van der Waals surface area (Å²) >= 11 is 0. The Morgan fingerprint density at radius 1 is 0.871 bits per heavy atom. The van der Waals surface area contributed by atoms with E-state index >= 15 is 0 Å². The van der Waals surface area contributed by atoms with Crippen LogP contribution in [0.2, 0.25) is 0 Å². The molecule has 0 spiro atoms. The van der Waals surface area contributed by atoms with Gasteiger partial charge in [-0.25, -0.2) is 15.1 Å². The highest BCUT2D eigenvalue weighted by molar-refractivity contribution is 5.80. The molecule has 6 heteroatoms. The first-order valence-corrected chi connectivity index (χ1v) is 11.0. The first-order chi connectivity index (χ1) is 15.2. The van der Waals surface area contributed by atoms with Gasteiger partial charge in [0.05, 0.1) is 0 Å². The van der Waals surface area contributed by atoms with Crippen molar-refractivity contribution >= 4 is 0 Å². The lowest BCUT2D eigenvalue weighted by Crippen LogP contribution is -2.09. The first-order valence-electron chi connectivity index (χ1n) is 11.0. The summed E-state index contributed by atoms with van der Waals surface area (Å²) in [6.07, 6.45) is 5.11. The maximum atomic E-state index is 4.79. The van der Waals surface area contributed by atoms with Crippen molar-refractivity contribution in [3.05, 3.63) is 76.9 Å². The number of hydrogen-bond acceptors (Lipinski definition) is 5. The molecular weight excluding hydrogens is 384 g/mol. The highest BCUT2D eigenvalue weighted by Gasteiger charge is 2.14. The molecule has 0 aliphatic rings. The van der Waals surface area contributed by atoms with Crippen LogP contribution in [0.4, 0.5) is 0 Å². The third kappa shape index (κ3) is 4.68. The normalized spacial score (nSPS) is 11.1. The summed E-state index contributed by atoms with van der Waals surface area (Å²) < 4.78 is 0. The van der Waals surface area contributed by atoms with Crippen LogP contribution in [-0.2, 0) is 19.3 Å². The highest BCUT2D eigenvalue weighted by atomic mass is 15.5. The summed E-state index contributed by atoms with van der Waals surface area (Å²) in [6.45, 7) is 6.39. The van der Waals surface area contributed by atoms with Gasteiger partial charge in [0, 0.05) is 23.4 Å². The second-order valence-corrected chi connectivity index (χ2v) is 7.77.